The Morgan fingerprint density at radius 2 is 1.73 bits per heavy atom. The van der Waals surface area contributed by atoms with E-state index < -0.39 is 6.17 Å². The molecule has 4 aliphatic rings. The third kappa shape index (κ3) is 1.71. The molecule has 0 radical (unpaired) electrons. The summed E-state index contributed by atoms with van der Waals surface area (Å²) in [6, 6.07) is 0. The van der Waals surface area contributed by atoms with Crippen LogP contribution in [0.25, 0.3) is 0 Å². The fourth-order valence-electron chi connectivity index (χ4n) is 6.13. The Kier molecular flexibility index (Phi) is 3.00. The van der Waals surface area contributed by atoms with Crippen LogP contribution in [-0.2, 0) is 9.59 Å². The summed E-state index contributed by atoms with van der Waals surface area (Å²) < 4.78 is 13.8. The van der Waals surface area contributed by atoms with Crippen molar-refractivity contribution >= 4 is 11.6 Å². The molecule has 0 N–H and O–H groups in total. The predicted molar refractivity (Wildman–Crippen MR) is 82.0 cm³/mol. The number of alkyl halides is 1. The van der Waals surface area contributed by atoms with E-state index in [2.05, 4.69) is 13.8 Å². The standard InChI is InChI=1S/C19H25FO2/c1-18-7-5-12(20)9-11(18)10-15(21)17-13-3-4-16(22)19(13,2)8-6-14(17)18/h10,12-14,17H,3-9H2,1-2H3/t12?,13-,14-,17-,18-,19-/m0/s1. The molecule has 120 valence electrons. The average Bonchev–Trinajstić information content (AvgIpc) is 2.77. The Hall–Kier alpha value is -0.990. The highest BCUT2D eigenvalue weighted by atomic mass is 19.1. The highest BCUT2D eigenvalue weighted by molar-refractivity contribution is 5.96. The van der Waals surface area contributed by atoms with Crippen LogP contribution in [0.2, 0.25) is 0 Å². The van der Waals surface area contributed by atoms with Crippen molar-refractivity contribution < 1.29 is 14.0 Å². The molecular weight excluding hydrogens is 279 g/mol. The van der Waals surface area contributed by atoms with Crippen LogP contribution < -0.4 is 0 Å². The Balaban J connectivity index is 1.76. The summed E-state index contributed by atoms with van der Waals surface area (Å²) in [5.74, 6) is 1.06. The van der Waals surface area contributed by atoms with E-state index in [1.165, 1.54) is 0 Å². The molecule has 3 fully saturated rings. The van der Waals surface area contributed by atoms with Gasteiger partial charge in [-0.2, -0.15) is 0 Å². The second-order valence-corrected chi connectivity index (χ2v) is 8.49. The molecule has 0 heterocycles. The van der Waals surface area contributed by atoms with Crippen LogP contribution in [0.3, 0.4) is 0 Å². The maximum atomic E-state index is 13.8. The van der Waals surface area contributed by atoms with Gasteiger partial charge in [-0.05, 0) is 55.4 Å². The fraction of sp³-hybridized carbons (Fsp3) is 0.789. The van der Waals surface area contributed by atoms with Gasteiger partial charge in [0, 0.05) is 24.2 Å². The topological polar surface area (TPSA) is 34.1 Å². The minimum Gasteiger partial charge on any atom is -0.299 e. The van der Waals surface area contributed by atoms with E-state index in [1.54, 1.807) is 6.08 Å². The van der Waals surface area contributed by atoms with Crippen molar-refractivity contribution in [3.63, 3.8) is 0 Å². The summed E-state index contributed by atoms with van der Waals surface area (Å²) in [5.41, 5.74) is 0.745. The number of ketones is 2. The first-order chi connectivity index (χ1) is 10.4. The lowest BCUT2D eigenvalue weighted by Gasteiger charge is -2.55. The molecule has 0 amide bonds. The minimum atomic E-state index is -0.786. The zero-order chi connectivity index (χ0) is 15.7. The first kappa shape index (κ1) is 14.6. The number of Topliss-reactive ketones (excluding diaryl/α,β-unsaturated/α-hetero) is 1. The third-order valence-electron chi connectivity index (χ3n) is 7.59. The summed E-state index contributed by atoms with van der Waals surface area (Å²) in [6.45, 7) is 4.32. The smallest absolute Gasteiger partial charge is 0.159 e. The van der Waals surface area contributed by atoms with Crippen LogP contribution >= 0.6 is 0 Å². The lowest BCUT2D eigenvalue weighted by atomic mass is 9.48. The van der Waals surface area contributed by atoms with Gasteiger partial charge in [-0.25, -0.2) is 4.39 Å². The normalized spacial score (nSPS) is 51.0. The summed E-state index contributed by atoms with van der Waals surface area (Å²) >= 11 is 0. The average molecular weight is 304 g/mol. The molecule has 3 heteroatoms. The van der Waals surface area contributed by atoms with E-state index in [4.69, 9.17) is 0 Å². The van der Waals surface area contributed by atoms with Crippen molar-refractivity contribution in [3.8, 4) is 0 Å². The minimum absolute atomic E-state index is 0.00453. The monoisotopic (exact) mass is 304 g/mol. The highest BCUT2D eigenvalue weighted by Crippen LogP contribution is 2.63. The van der Waals surface area contributed by atoms with Gasteiger partial charge < -0.3 is 0 Å². The molecule has 0 aromatic rings. The molecule has 3 saturated carbocycles. The number of carbonyl (C=O) groups excluding carboxylic acids is 2. The molecule has 0 aromatic carbocycles. The molecule has 6 atom stereocenters. The van der Waals surface area contributed by atoms with E-state index in [-0.39, 0.29) is 28.4 Å². The van der Waals surface area contributed by atoms with E-state index in [1.807, 2.05) is 0 Å². The Morgan fingerprint density at radius 3 is 2.50 bits per heavy atom. The molecule has 4 aliphatic carbocycles. The van der Waals surface area contributed by atoms with Gasteiger partial charge in [-0.3, -0.25) is 9.59 Å². The van der Waals surface area contributed by atoms with Gasteiger partial charge in [0.25, 0.3) is 0 Å². The molecule has 0 aromatic heterocycles. The van der Waals surface area contributed by atoms with Gasteiger partial charge in [-0.15, -0.1) is 0 Å². The van der Waals surface area contributed by atoms with Crippen LogP contribution in [0.1, 0.15) is 58.8 Å². The number of rotatable bonds is 0. The zero-order valence-electron chi connectivity index (χ0n) is 13.5. The first-order valence-electron chi connectivity index (χ1n) is 8.78. The zero-order valence-corrected chi connectivity index (χ0v) is 13.5. The lowest BCUT2D eigenvalue weighted by Crippen LogP contribution is -2.53. The number of halogens is 1. The van der Waals surface area contributed by atoms with Crippen molar-refractivity contribution in [2.45, 2.75) is 65.0 Å². The van der Waals surface area contributed by atoms with Crippen molar-refractivity contribution in [2.24, 2.45) is 28.6 Å². The molecule has 4 rings (SSSR count). The van der Waals surface area contributed by atoms with Crippen LogP contribution in [-0.4, -0.2) is 17.7 Å². The Labute approximate surface area is 131 Å². The van der Waals surface area contributed by atoms with Gasteiger partial charge in [0.15, 0.2) is 5.78 Å². The maximum Gasteiger partial charge on any atom is 0.159 e. The Morgan fingerprint density at radius 1 is 1.05 bits per heavy atom. The van der Waals surface area contributed by atoms with Crippen molar-refractivity contribution in [1.82, 2.24) is 0 Å². The first-order valence-corrected chi connectivity index (χ1v) is 8.78. The molecular formula is C19H25FO2. The van der Waals surface area contributed by atoms with Gasteiger partial charge in [0.1, 0.15) is 12.0 Å². The second-order valence-electron chi connectivity index (χ2n) is 8.49. The van der Waals surface area contributed by atoms with Crippen molar-refractivity contribution in [3.05, 3.63) is 11.6 Å². The van der Waals surface area contributed by atoms with Crippen LogP contribution in [0.15, 0.2) is 11.6 Å². The SMILES string of the molecule is C[C@]12CCC(F)CC1=CC(=O)[C@@H]1[C@@H]2CC[C@]2(C)C(=O)CC[C@@H]12. The summed E-state index contributed by atoms with van der Waals surface area (Å²) in [4.78, 5) is 25.2. The second kappa shape index (κ2) is 4.52. The Bertz CT molecular complexity index is 580. The van der Waals surface area contributed by atoms with Gasteiger partial charge in [0.2, 0.25) is 0 Å². The lowest BCUT2D eigenvalue weighted by molar-refractivity contribution is -0.139. The van der Waals surface area contributed by atoms with Gasteiger partial charge in [-0.1, -0.05) is 19.4 Å². The molecule has 0 spiro atoms. The molecule has 1 unspecified atom stereocenters. The maximum absolute atomic E-state index is 13.8. The van der Waals surface area contributed by atoms with E-state index >= 15 is 0 Å². The van der Waals surface area contributed by atoms with Crippen molar-refractivity contribution in [1.29, 1.82) is 0 Å². The quantitative estimate of drug-likeness (QED) is 0.677. The molecule has 0 bridgehead atoms. The molecule has 22 heavy (non-hydrogen) atoms. The van der Waals surface area contributed by atoms with Crippen LogP contribution in [0.4, 0.5) is 4.39 Å². The van der Waals surface area contributed by atoms with Crippen LogP contribution in [0, 0.1) is 28.6 Å². The summed E-state index contributed by atoms with van der Waals surface area (Å²) in [7, 11) is 0. The van der Waals surface area contributed by atoms with Gasteiger partial charge in [0.05, 0.1) is 0 Å². The van der Waals surface area contributed by atoms with E-state index in [0.29, 0.717) is 31.0 Å². The predicted octanol–water partition coefficient (Wildman–Crippen LogP) is 4.04. The number of hydrogen-bond acceptors (Lipinski definition) is 2. The molecule has 0 saturated heterocycles. The number of allylic oxidation sites excluding steroid dienone is 2. The summed E-state index contributed by atoms with van der Waals surface area (Å²) in [5, 5.41) is 0. The number of hydrogen-bond donors (Lipinski definition) is 0. The summed E-state index contributed by atoms with van der Waals surface area (Å²) in [6.07, 6.45) is 6.24. The molecule has 0 aliphatic heterocycles. The van der Waals surface area contributed by atoms with Crippen LogP contribution in [0.5, 0.6) is 0 Å². The van der Waals surface area contributed by atoms with Gasteiger partial charge >= 0.3 is 0 Å². The molecule has 2 nitrogen and oxygen atoms in total. The van der Waals surface area contributed by atoms with Crippen molar-refractivity contribution in [2.75, 3.05) is 0 Å². The van der Waals surface area contributed by atoms with E-state index in [9.17, 15) is 14.0 Å². The largest absolute Gasteiger partial charge is 0.299 e. The highest BCUT2D eigenvalue weighted by Gasteiger charge is 2.60. The number of carbonyl (C=O) groups is 2. The number of fused-ring (bicyclic) bond motifs is 5. The third-order valence-corrected chi connectivity index (χ3v) is 7.59. The van der Waals surface area contributed by atoms with E-state index in [0.717, 1.165) is 31.3 Å². The fourth-order valence-corrected chi connectivity index (χ4v) is 6.13.